The topological polar surface area (TPSA) is 24.9 Å². The Labute approximate surface area is 375 Å². The van der Waals surface area contributed by atoms with Crippen LogP contribution in [0.15, 0.2) is 242 Å². The lowest BCUT2D eigenvalue weighted by Gasteiger charge is -2.29. The average Bonchev–Trinajstić information content (AvgIpc) is 3.36. The number of allylic oxidation sites excluding steroid dienone is 5. The molecule has 0 fully saturated rings. The standard InChI is InChI=1S/C60H46N2O2/c1-5-17-47(18-6-1)61(48-19-7-2-8-20-48)51-35-29-43(30-36-51)45-33-39-55-56-40-34-46(44-31-37-52(38-32-44)62(49-21-9-3-10-22-49)50-23-11-4-12-24-50)42-60(56)64-58-28-16-14-26-54(58)53-25-13-15-27-57(53)63-59(55)41-45/h1-3,5-11,13-27,29-42,58H,4,12,28H2. The summed E-state index contributed by atoms with van der Waals surface area (Å²) in [4.78, 5) is 4.62. The van der Waals surface area contributed by atoms with Crippen LogP contribution in [-0.4, -0.2) is 6.10 Å². The Bertz CT molecular complexity index is 3020. The van der Waals surface area contributed by atoms with Crippen molar-refractivity contribution < 1.29 is 9.47 Å². The number of benzene rings is 8. The maximum Gasteiger partial charge on any atom is 0.136 e. The summed E-state index contributed by atoms with van der Waals surface area (Å²) in [6, 6.07) is 70.8. The highest BCUT2D eigenvalue weighted by Crippen LogP contribution is 2.47. The zero-order valence-electron chi connectivity index (χ0n) is 35.4. The van der Waals surface area contributed by atoms with Crippen LogP contribution in [0.4, 0.5) is 28.4 Å². The third kappa shape index (κ3) is 7.71. The highest BCUT2D eigenvalue weighted by atomic mass is 16.5. The SMILES string of the molecule is C1=CCC2Oc3cc(-c4ccc(N(C5=CCCC=C5)c5ccccc5)cc4)ccc3-c3ccc(-c4ccc(N(c5ccccc5)c5ccccc5)cc4)cc3Oc3ccccc3C2=C1. The van der Waals surface area contributed by atoms with Crippen molar-refractivity contribution in [3.8, 4) is 50.6 Å². The molecule has 4 nitrogen and oxygen atoms in total. The van der Waals surface area contributed by atoms with Crippen LogP contribution in [0.2, 0.25) is 0 Å². The Kier molecular flexibility index (Phi) is 10.5. The van der Waals surface area contributed by atoms with Crippen LogP contribution < -0.4 is 19.3 Å². The van der Waals surface area contributed by atoms with Gasteiger partial charge in [-0.15, -0.1) is 0 Å². The summed E-state index contributed by atoms with van der Waals surface area (Å²) in [6.07, 6.45) is 16.0. The minimum Gasteiger partial charge on any atom is -0.485 e. The molecule has 0 bridgehead atoms. The van der Waals surface area contributed by atoms with E-state index in [0.29, 0.717) is 0 Å². The molecule has 8 aromatic rings. The van der Waals surface area contributed by atoms with E-state index in [1.807, 2.05) is 6.07 Å². The van der Waals surface area contributed by atoms with Gasteiger partial charge >= 0.3 is 0 Å². The van der Waals surface area contributed by atoms with Crippen molar-refractivity contribution in [1.82, 2.24) is 0 Å². The molecule has 3 aliphatic rings. The maximum absolute atomic E-state index is 7.17. The molecule has 1 aliphatic heterocycles. The largest absolute Gasteiger partial charge is 0.485 e. The molecule has 308 valence electrons. The van der Waals surface area contributed by atoms with Gasteiger partial charge in [0.1, 0.15) is 23.4 Å². The van der Waals surface area contributed by atoms with E-state index in [1.165, 1.54) is 5.70 Å². The Hall–Kier alpha value is -8.08. The van der Waals surface area contributed by atoms with Crippen molar-refractivity contribution in [1.29, 1.82) is 0 Å². The van der Waals surface area contributed by atoms with E-state index in [9.17, 15) is 0 Å². The van der Waals surface area contributed by atoms with Gasteiger partial charge in [0.25, 0.3) is 0 Å². The fourth-order valence-electron chi connectivity index (χ4n) is 9.08. The van der Waals surface area contributed by atoms with E-state index in [4.69, 9.17) is 9.47 Å². The number of para-hydroxylation sites is 4. The molecule has 0 N–H and O–H groups in total. The number of hydrogen-bond acceptors (Lipinski definition) is 4. The van der Waals surface area contributed by atoms with E-state index in [2.05, 4.69) is 240 Å². The second-order valence-corrected chi connectivity index (χ2v) is 16.3. The maximum atomic E-state index is 7.17. The number of anilines is 5. The lowest BCUT2D eigenvalue weighted by molar-refractivity contribution is 0.261. The lowest BCUT2D eigenvalue weighted by atomic mass is 9.92. The number of fused-ring (bicyclic) bond motifs is 6. The fraction of sp³-hybridized carbons (Fsp3) is 0.0667. The molecule has 64 heavy (non-hydrogen) atoms. The van der Waals surface area contributed by atoms with E-state index in [1.54, 1.807) is 0 Å². The Morgan fingerprint density at radius 2 is 0.922 bits per heavy atom. The average molecular weight is 827 g/mol. The molecule has 0 spiro atoms. The van der Waals surface area contributed by atoms with Crippen molar-refractivity contribution in [2.24, 2.45) is 0 Å². The molecule has 0 amide bonds. The molecule has 0 saturated carbocycles. The molecular formula is C60H46N2O2. The van der Waals surface area contributed by atoms with Gasteiger partial charge in [-0.25, -0.2) is 0 Å². The second-order valence-electron chi connectivity index (χ2n) is 16.3. The first kappa shape index (κ1) is 38.8. The van der Waals surface area contributed by atoms with Gasteiger partial charge in [-0.2, -0.15) is 0 Å². The van der Waals surface area contributed by atoms with Crippen LogP contribution in [-0.2, 0) is 0 Å². The summed E-state index contributed by atoms with van der Waals surface area (Å²) in [5.74, 6) is 2.39. The van der Waals surface area contributed by atoms with Crippen LogP contribution >= 0.6 is 0 Å². The van der Waals surface area contributed by atoms with Gasteiger partial charge in [0.2, 0.25) is 0 Å². The van der Waals surface area contributed by atoms with Crippen LogP contribution in [0.25, 0.3) is 39.0 Å². The smallest absolute Gasteiger partial charge is 0.136 e. The quantitative estimate of drug-likeness (QED) is 0.152. The van der Waals surface area contributed by atoms with Crippen molar-refractivity contribution in [2.45, 2.75) is 25.4 Å². The summed E-state index contributed by atoms with van der Waals surface area (Å²) < 4.78 is 14.2. The van der Waals surface area contributed by atoms with Crippen LogP contribution in [0.5, 0.6) is 17.2 Å². The molecule has 1 heterocycles. The van der Waals surface area contributed by atoms with Gasteiger partial charge in [-0.05, 0) is 132 Å². The third-order valence-electron chi connectivity index (χ3n) is 12.2. The predicted octanol–water partition coefficient (Wildman–Crippen LogP) is 16.4. The monoisotopic (exact) mass is 826 g/mol. The van der Waals surface area contributed by atoms with Crippen LogP contribution in [0.3, 0.4) is 0 Å². The molecule has 1 unspecified atom stereocenters. The summed E-state index contributed by atoms with van der Waals surface area (Å²) >= 11 is 0. The van der Waals surface area contributed by atoms with Gasteiger partial charge in [0.05, 0.1) is 0 Å². The summed E-state index contributed by atoms with van der Waals surface area (Å²) in [5, 5.41) is 0. The molecule has 2 aliphatic carbocycles. The first-order valence-electron chi connectivity index (χ1n) is 22.2. The molecule has 11 rings (SSSR count). The van der Waals surface area contributed by atoms with Crippen LogP contribution in [0.1, 0.15) is 24.8 Å². The zero-order valence-corrected chi connectivity index (χ0v) is 35.4. The Morgan fingerprint density at radius 3 is 1.53 bits per heavy atom. The first-order chi connectivity index (χ1) is 31.7. The molecule has 1 atom stereocenters. The molecule has 4 heteroatoms. The Morgan fingerprint density at radius 1 is 0.406 bits per heavy atom. The molecule has 0 radical (unpaired) electrons. The normalized spacial score (nSPS) is 14.8. The molecular weight excluding hydrogens is 781 g/mol. The summed E-state index contributed by atoms with van der Waals surface area (Å²) in [6.45, 7) is 0. The van der Waals surface area contributed by atoms with Crippen molar-refractivity contribution >= 4 is 34.0 Å². The highest BCUT2D eigenvalue weighted by molar-refractivity contribution is 5.86. The van der Waals surface area contributed by atoms with Gasteiger partial charge < -0.3 is 19.3 Å². The van der Waals surface area contributed by atoms with Gasteiger partial charge in [0.15, 0.2) is 0 Å². The zero-order chi connectivity index (χ0) is 42.7. The molecule has 0 saturated heterocycles. The molecule has 8 aromatic carbocycles. The minimum absolute atomic E-state index is 0.187. The number of rotatable bonds is 8. The highest BCUT2D eigenvalue weighted by Gasteiger charge is 2.27. The second kappa shape index (κ2) is 17.4. The van der Waals surface area contributed by atoms with Crippen molar-refractivity contribution in [3.63, 3.8) is 0 Å². The summed E-state index contributed by atoms with van der Waals surface area (Å²) in [7, 11) is 0. The summed E-state index contributed by atoms with van der Waals surface area (Å²) in [5.41, 5.74) is 15.2. The van der Waals surface area contributed by atoms with E-state index in [0.717, 1.165) is 109 Å². The van der Waals surface area contributed by atoms with Gasteiger partial charge in [0, 0.05) is 62.8 Å². The van der Waals surface area contributed by atoms with Crippen LogP contribution in [0, 0.1) is 0 Å². The Balaban J connectivity index is 0.981. The first-order valence-corrected chi connectivity index (χ1v) is 22.2. The number of ether oxygens (including phenoxy) is 2. The van der Waals surface area contributed by atoms with Gasteiger partial charge in [-0.3, -0.25) is 0 Å². The van der Waals surface area contributed by atoms with E-state index >= 15 is 0 Å². The van der Waals surface area contributed by atoms with Gasteiger partial charge in [-0.1, -0.05) is 140 Å². The minimum atomic E-state index is -0.187. The lowest BCUT2D eigenvalue weighted by Crippen LogP contribution is -2.20. The fourth-order valence-corrected chi connectivity index (χ4v) is 9.08. The van der Waals surface area contributed by atoms with E-state index < -0.39 is 0 Å². The van der Waals surface area contributed by atoms with Crippen molar-refractivity contribution in [3.05, 3.63) is 248 Å². The molecule has 0 aromatic heterocycles. The third-order valence-corrected chi connectivity index (χ3v) is 12.2. The predicted molar refractivity (Wildman–Crippen MR) is 265 cm³/mol. The number of nitrogens with zero attached hydrogens (tertiary/aromatic N) is 2. The van der Waals surface area contributed by atoms with Crippen molar-refractivity contribution in [2.75, 3.05) is 9.80 Å². The number of hydrogen-bond donors (Lipinski definition) is 0. The van der Waals surface area contributed by atoms with E-state index in [-0.39, 0.29) is 6.10 Å².